The molecule has 0 saturated carbocycles. The van der Waals surface area contributed by atoms with E-state index in [-0.39, 0.29) is 5.91 Å². The molecule has 0 aromatic heterocycles. The third-order valence-corrected chi connectivity index (χ3v) is 6.00. The minimum atomic E-state index is -0.963. The number of amides is 1. The fourth-order valence-electron chi connectivity index (χ4n) is 3.99. The summed E-state index contributed by atoms with van der Waals surface area (Å²) in [5.41, 5.74) is 3.95. The number of carbonyl (C=O) groups excluding carboxylic acids is 2. The fourth-order valence-corrected chi connectivity index (χ4v) is 3.99. The molecule has 0 radical (unpaired) electrons. The van der Waals surface area contributed by atoms with E-state index in [1.807, 2.05) is 99.6 Å². The zero-order valence-corrected chi connectivity index (χ0v) is 18.5. The van der Waals surface area contributed by atoms with Crippen molar-refractivity contribution < 1.29 is 14.3 Å². The molecule has 0 fully saturated rings. The van der Waals surface area contributed by atoms with E-state index in [0.717, 1.165) is 27.8 Å². The van der Waals surface area contributed by atoms with E-state index in [2.05, 4.69) is 5.32 Å². The molecule has 0 heterocycles. The molecular formula is C27H29NO3. The molecule has 1 N–H and O–H groups in total. The summed E-state index contributed by atoms with van der Waals surface area (Å²) in [6, 6.07) is 24.5. The van der Waals surface area contributed by atoms with Crippen molar-refractivity contribution in [1.29, 1.82) is 0 Å². The number of rotatable bonds is 7. The molecule has 0 bridgehead atoms. The van der Waals surface area contributed by atoms with Crippen LogP contribution in [-0.2, 0) is 26.2 Å². The van der Waals surface area contributed by atoms with Crippen LogP contribution in [0.15, 0.2) is 78.9 Å². The molecule has 4 nitrogen and oxygen atoms in total. The van der Waals surface area contributed by atoms with Crippen LogP contribution >= 0.6 is 0 Å². The first kappa shape index (κ1) is 22.3. The molecule has 0 spiro atoms. The second kappa shape index (κ2) is 9.61. The van der Waals surface area contributed by atoms with E-state index in [9.17, 15) is 9.59 Å². The number of aryl methyl sites for hydroxylation is 2. The molecule has 3 aromatic carbocycles. The first-order valence-electron chi connectivity index (χ1n) is 10.4. The molecule has 31 heavy (non-hydrogen) atoms. The van der Waals surface area contributed by atoms with Crippen molar-refractivity contribution in [2.24, 2.45) is 0 Å². The van der Waals surface area contributed by atoms with E-state index < -0.39 is 17.4 Å². The van der Waals surface area contributed by atoms with Crippen LogP contribution in [-0.4, -0.2) is 25.0 Å². The Labute approximate surface area is 184 Å². The second-order valence-corrected chi connectivity index (χ2v) is 7.98. The van der Waals surface area contributed by atoms with Gasteiger partial charge in [-0.05, 0) is 48.6 Å². The topological polar surface area (TPSA) is 55.4 Å². The van der Waals surface area contributed by atoms with Gasteiger partial charge in [0, 0.05) is 6.42 Å². The minimum absolute atomic E-state index is 0.244. The number of benzene rings is 3. The Morgan fingerprint density at radius 2 is 1.32 bits per heavy atom. The molecule has 4 heteroatoms. The first-order valence-corrected chi connectivity index (χ1v) is 10.4. The Kier molecular flexibility index (Phi) is 6.91. The van der Waals surface area contributed by atoms with Gasteiger partial charge in [0.2, 0.25) is 5.91 Å². The normalized spacial score (nSPS) is 12.1. The Balaban J connectivity index is 1.99. The van der Waals surface area contributed by atoms with Crippen molar-refractivity contribution in [1.82, 2.24) is 5.32 Å². The SMILES string of the molecule is COC(=O)[C@H](Cc1c(C)cccc1C)NC(=O)C(C)(c1ccccc1)c1ccccc1. The van der Waals surface area contributed by atoms with Gasteiger partial charge < -0.3 is 10.1 Å². The van der Waals surface area contributed by atoms with E-state index in [4.69, 9.17) is 4.74 Å². The minimum Gasteiger partial charge on any atom is -0.467 e. The van der Waals surface area contributed by atoms with Crippen LogP contribution < -0.4 is 5.32 Å². The van der Waals surface area contributed by atoms with E-state index in [1.165, 1.54) is 7.11 Å². The number of nitrogens with one attached hydrogen (secondary N) is 1. The summed E-state index contributed by atoms with van der Waals surface area (Å²) in [7, 11) is 1.35. The van der Waals surface area contributed by atoms with Crippen molar-refractivity contribution in [2.75, 3.05) is 7.11 Å². The average Bonchev–Trinajstić information content (AvgIpc) is 2.80. The molecule has 0 unspecified atom stereocenters. The molecule has 1 amide bonds. The summed E-state index contributed by atoms with van der Waals surface area (Å²) in [5.74, 6) is -0.703. The second-order valence-electron chi connectivity index (χ2n) is 7.98. The standard InChI is InChI=1S/C27H29NO3/c1-19-12-11-13-20(2)23(19)18-24(25(29)31-4)28-26(30)27(3,21-14-7-5-8-15-21)22-16-9-6-10-17-22/h5-17,24H,18H2,1-4H3,(H,28,30)/t24-/m0/s1. The van der Waals surface area contributed by atoms with Crippen molar-refractivity contribution in [2.45, 2.75) is 38.6 Å². The van der Waals surface area contributed by atoms with Gasteiger partial charge in [-0.3, -0.25) is 4.79 Å². The van der Waals surface area contributed by atoms with Gasteiger partial charge >= 0.3 is 5.97 Å². The quantitative estimate of drug-likeness (QED) is 0.578. The molecule has 3 aromatic rings. The Morgan fingerprint density at radius 1 is 0.839 bits per heavy atom. The molecule has 0 aliphatic rings. The van der Waals surface area contributed by atoms with Crippen molar-refractivity contribution in [3.8, 4) is 0 Å². The lowest BCUT2D eigenvalue weighted by Gasteiger charge is -2.31. The van der Waals surface area contributed by atoms with Crippen molar-refractivity contribution in [3.05, 3.63) is 107 Å². The maximum absolute atomic E-state index is 13.7. The van der Waals surface area contributed by atoms with Gasteiger partial charge in [0.05, 0.1) is 12.5 Å². The van der Waals surface area contributed by atoms with E-state index in [1.54, 1.807) is 0 Å². The van der Waals surface area contributed by atoms with Crippen LogP contribution in [0.5, 0.6) is 0 Å². The predicted octanol–water partition coefficient (Wildman–Crippen LogP) is 4.51. The molecule has 0 aliphatic carbocycles. The fraction of sp³-hybridized carbons (Fsp3) is 0.259. The van der Waals surface area contributed by atoms with Crippen LogP contribution in [0.2, 0.25) is 0 Å². The lowest BCUT2D eigenvalue weighted by molar-refractivity contribution is -0.145. The third kappa shape index (κ3) is 4.69. The van der Waals surface area contributed by atoms with Gasteiger partial charge in [0.25, 0.3) is 0 Å². The number of carbonyl (C=O) groups is 2. The molecule has 3 rings (SSSR count). The van der Waals surface area contributed by atoms with Crippen LogP contribution in [0.1, 0.15) is 34.7 Å². The summed E-state index contributed by atoms with van der Waals surface area (Å²) in [4.78, 5) is 26.4. The van der Waals surface area contributed by atoms with Crippen molar-refractivity contribution >= 4 is 11.9 Å². The molecular weight excluding hydrogens is 386 g/mol. The predicted molar refractivity (Wildman–Crippen MR) is 123 cm³/mol. The highest BCUT2D eigenvalue weighted by atomic mass is 16.5. The van der Waals surface area contributed by atoms with Crippen LogP contribution in [0.4, 0.5) is 0 Å². The van der Waals surface area contributed by atoms with Gasteiger partial charge in [0.15, 0.2) is 0 Å². The maximum Gasteiger partial charge on any atom is 0.328 e. The number of hydrogen-bond donors (Lipinski definition) is 1. The van der Waals surface area contributed by atoms with Gasteiger partial charge in [-0.15, -0.1) is 0 Å². The molecule has 160 valence electrons. The summed E-state index contributed by atoms with van der Waals surface area (Å²) >= 11 is 0. The Bertz CT molecular complexity index is 985. The number of hydrogen-bond acceptors (Lipinski definition) is 3. The average molecular weight is 416 g/mol. The van der Waals surface area contributed by atoms with Gasteiger partial charge in [-0.25, -0.2) is 4.79 Å². The number of esters is 1. The summed E-state index contributed by atoms with van der Waals surface area (Å²) in [6.07, 6.45) is 0.372. The van der Waals surface area contributed by atoms with Gasteiger partial charge in [0.1, 0.15) is 6.04 Å². The highest BCUT2D eigenvalue weighted by Gasteiger charge is 2.39. The molecule has 0 aliphatic heterocycles. The monoisotopic (exact) mass is 415 g/mol. The highest BCUT2D eigenvalue weighted by molar-refractivity contribution is 5.94. The van der Waals surface area contributed by atoms with E-state index in [0.29, 0.717) is 6.42 Å². The first-order chi connectivity index (χ1) is 14.9. The van der Waals surface area contributed by atoms with Gasteiger partial charge in [-0.1, -0.05) is 78.9 Å². The maximum atomic E-state index is 13.7. The summed E-state index contributed by atoms with van der Waals surface area (Å²) in [6.45, 7) is 5.91. The van der Waals surface area contributed by atoms with Crippen molar-refractivity contribution in [3.63, 3.8) is 0 Å². The van der Waals surface area contributed by atoms with Crippen LogP contribution in [0.25, 0.3) is 0 Å². The lowest BCUT2D eigenvalue weighted by Crippen LogP contribution is -2.51. The Hall–Kier alpha value is -3.40. The summed E-state index contributed by atoms with van der Waals surface area (Å²) < 4.78 is 5.04. The van der Waals surface area contributed by atoms with Crippen LogP contribution in [0.3, 0.4) is 0 Å². The largest absolute Gasteiger partial charge is 0.467 e. The number of methoxy groups -OCH3 is 1. The summed E-state index contributed by atoms with van der Waals surface area (Å²) in [5, 5.41) is 2.99. The number of ether oxygens (including phenoxy) is 1. The zero-order valence-electron chi connectivity index (χ0n) is 18.5. The molecule has 0 saturated heterocycles. The highest BCUT2D eigenvalue weighted by Crippen LogP contribution is 2.32. The Morgan fingerprint density at radius 3 is 1.77 bits per heavy atom. The van der Waals surface area contributed by atoms with Gasteiger partial charge in [-0.2, -0.15) is 0 Å². The smallest absolute Gasteiger partial charge is 0.328 e. The molecule has 1 atom stereocenters. The van der Waals surface area contributed by atoms with Crippen LogP contribution in [0, 0.1) is 13.8 Å². The lowest BCUT2D eigenvalue weighted by atomic mass is 9.75. The zero-order chi connectivity index (χ0) is 22.4. The van der Waals surface area contributed by atoms with E-state index >= 15 is 0 Å². The third-order valence-electron chi connectivity index (χ3n) is 6.00.